The van der Waals surface area contributed by atoms with Gasteiger partial charge in [0, 0.05) is 44.3 Å². The fourth-order valence-electron chi connectivity index (χ4n) is 4.11. The molecule has 7 nitrogen and oxygen atoms in total. The van der Waals surface area contributed by atoms with Crippen LogP contribution >= 0.6 is 0 Å². The van der Waals surface area contributed by atoms with Gasteiger partial charge < -0.3 is 9.64 Å². The van der Waals surface area contributed by atoms with E-state index >= 15 is 0 Å². The third-order valence-corrected chi connectivity index (χ3v) is 5.78. The van der Waals surface area contributed by atoms with Gasteiger partial charge in [0.05, 0.1) is 23.1 Å². The summed E-state index contributed by atoms with van der Waals surface area (Å²) in [6.45, 7) is 3.68. The number of hydrogen-bond donors (Lipinski definition) is 0. The first-order valence-corrected chi connectivity index (χ1v) is 9.71. The summed E-state index contributed by atoms with van der Waals surface area (Å²) in [5, 5.41) is 10.6. The molecule has 0 saturated carbocycles. The summed E-state index contributed by atoms with van der Waals surface area (Å²) < 4.78 is 9.36. The standard InChI is InChI=1S/C21H24N6O/c1-14-17-12-15(4-5-18(17)26(3)23-14)19-13-22-20-6-7-21(24-27(19)20)25(2)16-8-10-28-11-9-16/h4-7,12-13,16H,8-11H2,1-3H3. The third kappa shape index (κ3) is 2.74. The summed E-state index contributed by atoms with van der Waals surface area (Å²) in [5.41, 5.74) is 5.09. The molecule has 0 atom stereocenters. The van der Waals surface area contributed by atoms with Gasteiger partial charge in [-0.15, -0.1) is 5.10 Å². The van der Waals surface area contributed by atoms with Gasteiger partial charge in [-0.1, -0.05) is 6.07 Å². The van der Waals surface area contributed by atoms with Crippen molar-refractivity contribution in [2.75, 3.05) is 25.2 Å². The Hall–Kier alpha value is -2.93. The Bertz CT molecular complexity index is 1150. The van der Waals surface area contributed by atoms with Gasteiger partial charge in [0.2, 0.25) is 0 Å². The monoisotopic (exact) mass is 376 g/mol. The number of nitrogens with zero attached hydrogens (tertiary/aromatic N) is 6. The predicted molar refractivity (Wildman–Crippen MR) is 110 cm³/mol. The van der Waals surface area contributed by atoms with Crippen LogP contribution in [0.4, 0.5) is 5.82 Å². The van der Waals surface area contributed by atoms with Crippen molar-refractivity contribution in [1.29, 1.82) is 0 Å². The minimum Gasteiger partial charge on any atom is -0.381 e. The Morgan fingerprint density at radius 1 is 1.11 bits per heavy atom. The van der Waals surface area contributed by atoms with Crippen LogP contribution in [0.3, 0.4) is 0 Å². The molecule has 4 heterocycles. The van der Waals surface area contributed by atoms with Crippen molar-refractivity contribution >= 4 is 22.4 Å². The molecule has 28 heavy (non-hydrogen) atoms. The van der Waals surface area contributed by atoms with Gasteiger partial charge in [-0.05, 0) is 44.0 Å². The van der Waals surface area contributed by atoms with Crippen LogP contribution in [0.5, 0.6) is 0 Å². The Morgan fingerprint density at radius 3 is 2.75 bits per heavy atom. The fourth-order valence-corrected chi connectivity index (χ4v) is 4.11. The number of aromatic nitrogens is 5. The lowest BCUT2D eigenvalue weighted by molar-refractivity contribution is 0.0853. The first-order chi connectivity index (χ1) is 13.6. The molecule has 144 valence electrons. The van der Waals surface area contributed by atoms with Gasteiger partial charge in [0.25, 0.3) is 0 Å². The van der Waals surface area contributed by atoms with Gasteiger partial charge in [-0.25, -0.2) is 9.50 Å². The maximum atomic E-state index is 5.50. The number of ether oxygens (including phenoxy) is 1. The predicted octanol–water partition coefficient (Wildman–Crippen LogP) is 3.21. The molecule has 1 aliphatic rings. The molecule has 0 spiro atoms. The quantitative estimate of drug-likeness (QED) is 0.549. The highest BCUT2D eigenvalue weighted by Gasteiger charge is 2.20. The van der Waals surface area contributed by atoms with E-state index in [1.54, 1.807) is 0 Å². The molecule has 5 rings (SSSR count). The summed E-state index contributed by atoms with van der Waals surface area (Å²) in [6.07, 6.45) is 3.96. The lowest BCUT2D eigenvalue weighted by Gasteiger charge is -2.31. The van der Waals surface area contributed by atoms with Crippen molar-refractivity contribution in [3.63, 3.8) is 0 Å². The minimum absolute atomic E-state index is 0.458. The molecule has 7 heteroatoms. The molecule has 0 radical (unpaired) electrons. The van der Waals surface area contributed by atoms with Gasteiger partial charge >= 0.3 is 0 Å². The van der Waals surface area contributed by atoms with Crippen LogP contribution in [-0.2, 0) is 11.8 Å². The Labute approximate surface area is 163 Å². The van der Waals surface area contributed by atoms with E-state index in [9.17, 15) is 0 Å². The van der Waals surface area contributed by atoms with E-state index in [1.165, 1.54) is 0 Å². The van der Waals surface area contributed by atoms with Gasteiger partial charge in [-0.3, -0.25) is 4.68 Å². The van der Waals surface area contributed by atoms with Gasteiger partial charge in [0.1, 0.15) is 5.82 Å². The number of anilines is 1. The lowest BCUT2D eigenvalue weighted by Crippen LogP contribution is -2.37. The van der Waals surface area contributed by atoms with E-state index in [2.05, 4.69) is 46.3 Å². The maximum absolute atomic E-state index is 5.50. The molecule has 0 N–H and O–H groups in total. The van der Waals surface area contributed by atoms with Gasteiger partial charge in [-0.2, -0.15) is 5.10 Å². The second kappa shape index (κ2) is 6.60. The van der Waals surface area contributed by atoms with E-state index in [4.69, 9.17) is 9.84 Å². The number of rotatable bonds is 3. The zero-order valence-electron chi connectivity index (χ0n) is 16.5. The average molecular weight is 376 g/mol. The zero-order chi connectivity index (χ0) is 19.3. The molecule has 0 unspecified atom stereocenters. The van der Waals surface area contributed by atoms with E-state index < -0.39 is 0 Å². The SMILES string of the molecule is Cc1nn(C)c2ccc(-c3cnc4ccc(N(C)C5CCOCC5)nn34)cc12. The second-order valence-electron chi connectivity index (χ2n) is 7.50. The summed E-state index contributed by atoms with van der Waals surface area (Å²) in [4.78, 5) is 6.82. The fraction of sp³-hybridized carbons (Fsp3) is 0.381. The van der Waals surface area contributed by atoms with Crippen molar-refractivity contribution in [3.05, 3.63) is 42.2 Å². The molecule has 1 saturated heterocycles. The molecule has 0 bridgehead atoms. The molecular formula is C21H24N6O. The number of hydrogen-bond acceptors (Lipinski definition) is 5. The topological polar surface area (TPSA) is 60.5 Å². The summed E-state index contributed by atoms with van der Waals surface area (Å²) in [6, 6.07) is 11.0. The largest absolute Gasteiger partial charge is 0.381 e. The zero-order valence-corrected chi connectivity index (χ0v) is 16.5. The first-order valence-electron chi connectivity index (χ1n) is 9.71. The van der Waals surface area contributed by atoms with E-state index in [0.717, 1.165) is 65.4 Å². The number of fused-ring (bicyclic) bond motifs is 2. The van der Waals surface area contributed by atoms with Crippen LogP contribution in [-0.4, -0.2) is 50.7 Å². The first kappa shape index (κ1) is 17.2. The second-order valence-corrected chi connectivity index (χ2v) is 7.50. The van der Waals surface area contributed by atoms with Crippen LogP contribution in [0.1, 0.15) is 18.5 Å². The van der Waals surface area contributed by atoms with Crippen LogP contribution in [0.25, 0.3) is 27.8 Å². The van der Waals surface area contributed by atoms with Gasteiger partial charge in [0.15, 0.2) is 5.65 Å². The van der Waals surface area contributed by atoms with Crippen LogP contribution in [0.15, 0.2) is 36.5 Å². The van der Waals surface area contributed by atoms with Crippen molar-refractivity contribution in [1.82, 2.24) is 24.4 Å². The third-order valence-electron chi connectivity index (χ3n) is 5.78. The highest BCUT2D eigenvalue weighted by molar-refractivity contribution is 5.86. The number of benzene rings is 1. The Morgan fingerprint density at radius 2 is 1.93 bits per heavy atom. The Balaban J connectivity index is 1.57. The molecule has 0 amide bonds. The molecule has 4 aromatic rings. The van der Waals surface area contributed by atoms with E-state index in [0.29, 0.717) is 6.04 Å². The number of imidazole rings is 1. The number of aryl methyl sites for hydroxylation is 2. The molecule has 1 aliphatic heterocycles. The van der Waals surface area contributed by atoms with Crippen molar-refractivity contribution < 1.29 is 4.74 Å². The molecule has 1 fully saturated rings. The van der Waals surface area contributed by atoms with Crippen molar-refractivity contribution in [2.45, 2.75) is 25.8 Å². The average Bonchev–Trinajstić information content (AvgIpc) is 3.28. The normalized spacial score (nSPS) is 15.5. The summed E-state index contributed by atoms with van der Waals surface area (Å²) >= 11 is 0. The van der Waals surface area contributed by atoms with Crippen LogP contribution in [0.2, 0.25) is 0 Å². The van der Waals surface area contributed by atoms with Crippen LogP contribution in [0, 0.1) is 6.92 Å². The summed E-state index contributed by atoms with van der Waals surface area (Å²) in [7, 11) is 4.09. The molecule has 1 aromatic carbocycles. The lowest BCUT2D eigenvalue weighted by atomic mass is 10.1. The van der Waals surface area contributed by atoms with Crippen molar-refractivity contribution in [2.24, 2.45) is 7.05 Å². The highest BCUT2D eigenvalue weighted by Crippen LogP contribution is 2.27. The molecule has 3 aromatic heterocycles. The molecular weight excluding hydrogens is 352 g/mol. The van der Waals surface area contributed by atoms with Crippen molar-refractivity contribution in [3.8, 4) is 11.3 Å². The smallest absolute Gasteiger partial charge is 0.154 e. The van der Waals surface area contributed by atoms with E-state index in [1.807, 2.05) is 35.4 Å². The maximum Gasteiger partial charge on any atom is 0.154 e. The highest BCUT2D eigenvalue weighted by atomic mass is 16.5. The minimum atomic E-state index is 0.458. The van der Waals surface area contributed by atoms with Crippen LogP contribution < -0.4 is 4.90 Å². The summed E-state index contributed by atoms with van der Waals surface area (Å²) in [5.74, 6) is 0.956. The molecule has 0 aliphatic carbocycles. The van der Waals surface area contributed by atoms with E-state index in [-0.39, 0.29) is 0 Å². The Kier molecular flexibility index (Phi) is 4.05.